The molecule has 0 aliphatic carbocycles. The van der Waals surface area contributed by atoms with Crippen molar-refractivity contribution in [2.24, 2.45) is 0 Å². The standard InChI is InChI=1S/C25H23F3N2O2/c1-17-8-11-23(18(2)12-17)32-16-24(31,15-25(26,27)28)20-9-10-22-19(13-20)14-29-30(22)21-6-4-3-5-7-21/h3-14,31H,15-16H2,1-2H3. The first kappa shape index (κ1) is 21.9. The zero-order chi connectivity index (χ0) is 22.9. The van der Waals surface area contributed by atoms with E-state index >= 15 is 0 Å². The van der Waals surface area contributed by atoms with Gasteiger partial charge in [0, 0.05) is 5.39 Å². The summed E-state index contributed by atoms with van der Waals surface area (Å²) in [6, 6.07) is 19.5. The third kappa shape index (κ3) is 4.62. The molecule has 0 bridgehead atoms. The number of rotatable bonds is 6. The molecule has 0 radical (unpaired) electrons. The SMILES string of the molecule is Cc1ccc(OCC(O)(CC(F)(F)F)c2ccc3c(cnn3-c3ccccc3)c2)c(C)c1. The maximum absolute atomic E-state index is 13.4. The average molecular weight is 440 g/mol. The van der Waals surface area contributed by atoms with E-state index < -0.39 is 24.8 Å². The number of halogens is 3. The van der Waals surface area contributed by atoms with Gasteiger partial charge < -0.3 is 9.84 Å². The molecule has 1 aromatic heterocycles. The summed E-state index contributed by atoms with van der Waals surface area (Å²) in [4.78, 5) is 0. The number of alkyl halides is 3. The molecule has 166 valence electrons. The number of fused-ring (bicyclic) bond motifs is 1. The molecule has 3 aromatic carbocycles. The molecule has 4 nitrogen and oxygen atoms in total. The number of hydrogen-bond acceptors (Lipinski definition) is 3. The van der Waals surface area contributed by atoms with Gasteiger partial charge in [-0.3, -0.25) is 0 Å². The highest BCUT2D eigenvalue weighted by Crippen LogP contribution is 2.37. The lowest BCUT2D eigenvalue weighted by Gasteiger charge is -2.30. The molecule has 0 aliphatic rings. The van der Waals surface area contributed by atoms with Crippen LogP contribution in [0.3, 0.4) is 0 Å². The Morgan fingerprint density at radius 1 is 0.969 bits per heavy atom. The fourth-order valence-electron chi connectivity index (χ4n) is 3.82. The number of para-hydroxylation sites is 1. The van der Waals surface area contributed by atoms with Crippen LogP contribution >= 0.6 is 0 Å². The molecule has 1 heterocycles. The van der Waals surface area contributed by atoms with Crippen molar-refractivity contribution in [1.29, 1.82) is 0 Å². The second-order valence-electron chi connectivity index (χ2n) is 8.05. The average Bonchev–Trinajstić information content (AvgIpc) is 3.16. The predicted molar refractivity (Wildman–Crippen MR) is 117 cm³/mol. The van der Waals surface area contributed by atoms with Gasteiger partial charge >= 0.3 is 6.18 Å². The third-order valence-corrected chi connectivity index (χ3v) is 5.40. The molecule has 7 heteroatoms. The first-order valence-corrected chi connectivity index (χ1v) is 10.2. The molecular formula is C25H23F3N2O2. The van der Waals surface area contributed by atoms with Crippen molar-refractivity contribution >= 4 is 10.9 Å². The first-order valence-electron chi connectivity index (χ1n) is 10.2. The van der Waals surface area contributed by atoms with E-state index in [-0.39, 0.29) is 5.56 Å². The van der Waals surface area contributed by atoms with Crippen molar-refractivity contribution in [3.8, 4) is 11.4 Å². The lowest BCUT2D eigenvalue weighted by atomic mass is 9.90. The molecule has 0 fully saturated rings. The number of aliphatic hydroxyl groups is 1. The second-order valence-corrected chi connectivity index (χ2v) is 8.05. The van der Waals surface area contributed by atoms with Crippen molar-refractivity contribution in [1.82, 2.24) is 9.78 Å². The van der Waals surface area contributed by atoms with Gasteiger partial charge in [-0.25, -0.2) is 4.68 Å². The highest BCUT2D eigenvalue weighted by Gasteiger charge is 2.43. The van der Waals surface area contributed by atoms with E-state index in [0.717, 1.165) is 22.3 Å². The van der Waals surface area contributed by atoms with Crippen LogP contribution in [-0.2, 0) is 5.60 Å². The molecule has 0 saturated heterocycles. The van der Waals surface area contributed by atoms with Crippen LogP contribution in [0.1, 0.15) is 23.1 Å². The smallest absolute Gasteiger partial charge is 0.392 e. The van der Waals surface area contributed by atoms with Crippen molar-refractivity contribution < 1.29 is 23.0 Å². The Morgan fingerprint density at radius 3 is 2.41 bits per heavy atom. The van der Waals surface area contributed by atoms with Crippen LogP contribution < -0.4 is 4.74 Å². The molecule has 0 spiro atoms. The summed E-state index contributed by atoms with van der Waals surface area (Å²) in [5, 5.41) is 16.1. The van der Waals surface area contributed by atoms with E-state index in [2.05, 4.69) is 5.10 Å². The normalized spacial score (nSPS) is 13.8. The Balaban J connectivity index is 1.69. The van der Waals surface area contributed by atoms with Gasteiger partial charge in [0.05, 0.1) is 23.8 Å². The topological polar surface area (TPSA) is 47.3 Å². The van der Waals surface area contributed by atoms with Crippen LogP contribution in [0.2, 0.25) is 0 Å². The number of aromatic nitrogens is 2. The van der Waals surface area contributed by atoms with Crippen molar-refractivity contribution in [3.05, 3.63) is 89.6 Å². The zero-order valence-corrected chi connectivity index (χ0v) is 17.7. The van der Waals surface area contributed by atoms with E-state index in [1.807, 2.05) is 56.3 Å². The molecule has 1 N–H and O–H groups in total. The predicted octanol–water partition coefficient (Wildman–Crippen LogP) is 5.86. The number of benzene rings is 3. The number of nitrogens with zero attached hydrogens (tertiary/aromatic N) is 2. The summed E-state index contributed by atoms with van der Waals surface area (Å²) in [5.74, 6) is 0.439. The van der Waals surface area contributed by atoms with Crippen LogP contribution in [0.15, 0.2) is 72.9 Å². The molecule has 1 unspecified atom stereocenters. The number of ether oxygens (including phenoxy) is 1. The van der Waals surface area contributed by atoms with E-state index in [1.165, 1.54) is 6.07 Å². The lowest BCUT2D eigenvalue weighted by molar-refractivity contribution is -0.185. The third-order valence-electron chi connectivity index (χ3n) is 5.40. The van der Waals surface area contributed by atoms with Gasteiger partial charge in [0.25, 0.3) is 0 Å². The molecule has 1 atom stereocenters. The zero-order valence-electron chi connectivity index (χ0n) is 17.7. The van der Waals surface area contributed by atoms with Crippen molar-refractivity contribution in [2.75, 3.05) is 6.61 Å². The first-order chi connectivity index (χ1) is 15.1. The van der Waals surface area contributed by atoms with Gasteiger partial charge in [0.15, 0.2) is 0 Å². The van der Waals surface area contributed by atoms with E-state index in [9.17, 15) is 18.3 Å². The summed E-state index contributed by atoms with van der Waals surface area (Å²) in [6.07, 6.45) is -4.43. The Labute approximate surface area is 183 Å². The lowest BCUT2D eigenvalue weighted by Crippen LogP contribution is -2.38. The highest BCUT2D eigenvalue weighted by atomic mass is 19.4. The van der Waals surface area contributed by atoms with E-state index in [1.54, 1.807) is 29.1 Å². The Bertz CT molecular complexity index is 1240. The van der Waals surface area contributed by atoms with Gasteiger partial charge in [0.1, 0.15) is 18.0 Å². The molecule has 0 saturated carbocycles. The largest absolute Gasteiger partial charge is 0.490 e. The Kier molecular flexibility index (Phi) is 5.69. The van der Waals surface area contributed by atoms with Crippen LogP contribution in [0.4, 0.5) is 13.2 Å². The molecule has 4 rings (SSSR count). The van der Waals surface area contributed by atoms with Crippen molar-refractivity contribution in [3.63, 3.8) is 0 Å². The summed E-state index contributed by atoms with van der Waals surface area (Å²) in [5.41, 5.74) is 1.24. The van der Waals surface area contributed by atoms with Crippen molar-refractivity contribution in [2.45, 2.75) is 32.0 Å². The van der Waals surface area contributed by atoms with Gasteiger partial charge in [-0.05, 0) is 55.3 Å². The monoisotopic (exact) mass is 440 g/mol. The Morgan fingerprint density at radius 2 is 1.72 bits per heavy atom. The summed E-state index contributed by atoms with van der Waals surface area (Å²) in [6.45, 7) is 3.20. The van der Waals surface area contributed by atoms with Crippen LogP contribution in [0, 0.1) is 13.8 Å². The van der Waals surface area contributed by atoms with Gasteiger partial charge in [-0.2, -0.15) is 18.3 Å². The molecule has 0 amide bonds. The highest BCUT2D eigenvalue weighted by molar-refractivity contribution is 5.81. The molecule has 32 heavy (non-hydrogen) atoms. The summed E-state index contributed by atoms with van der Waals surface area (Å²) in [7, 11) is 0. The minimum absolute atomic E-state index is 0.125. The van der Waals surface area contributed by atoms with E-state index in [4.69, 9.17) is 4.74 Å². The second kappa shape index (κ2) is 8.31. The van der Waals surface area contributed by atoms with E-state index in [0.29, 0.717) is 11.1 Å². The molecular weight excluding hydrogens is 417 g/mol. The maximum atomic E-state index is 13.4. The van der Waals surface area contributed by atoms with Crippen LogP contribution in [-0.4, -0.2) is 27.7 Å². The van der Waals surface area contributed by atoms with Gasteiger partial charge in [-0.1, -0.05) is 42.0 Å². The van der Waals surface area contributed by atoms with Gasteiger partial charge in [0.2, 0.25) is 0 Å². The van der Waals surface area contributed by atoms with Gasteiger partial charge in [-0.15, -0.1) is 0 Å². The Hall–Kier alpha value is -3.32. The quantitative estimate of drug-likeness (QED) is 0.408. The fourth-order valence-corrected chi connectivity index (χ4v) is 3.82. The van der Waals surface area contributed by atoms with Crippen LogP contribution in [0.25, 0.3) is 16.6 Å². The molecule has 4 aromatic rings. The van der Waals surface area contributed by atoms with Crippen LogP contribution in [0.5, 0.6) is 5.75 Å². The maximum Gasteiger partial charge on any atom is 0.392 e. The number of aryl methyl sites for hydroxylation is 2. The number of hydrogen-bond donors (Lipinski definition) is 1. The minimum atomic E-state index is -4.58. The summed E-state index contributed by atoms with van der Waals surface area (Å²) < 4.78 is 47.6. The molecule has 0 aliphatic heterocycles. The minimum Gasteiger partial charge on any atom is -0.490 e. The summed E-state index contributed by atoms with van der Waals surface area (Å²) >= 11 is 0. The fraction of sp³-hybridized carbons (Fsp3) is 0.240.